The van der Waals surface area contributed by atoms with Crippen LogP contribution in [-0.2, 0) is 16.0 Å². The number of nitrogens with one attached hydrogen (secondary N) is 1. The number of nitrogens with zero attached hydrogens (tertiary/aromatic N) is 1. The second-order valence-electron chi connectivity index (χ2n) is 9.12. The number of H-pyrrole nitrogens is 1. The van der Waals surface area contributed by atoms with Gasteiger partial charge in [0.15, 0.2) is 0 Å². The van der Waals surface area contributed by atoms with Crippen molar-refractivity contribution in [3.05, 3.63) is 107 Å². The molecule has 0 radical (unpaired) electrons. The molecule has 1 aliphatic heterocycles. The third-order valence-corrected chi connectivity index (χ3v) is 6.62. The average molecular weight is 439 g/mol. The molecule has 0 unspecified atom stereocenters. The number of hydrogen-bond acceptors (Lipinski definition) is 3. The molecule has 1 aliphatic rings. The van der Waals surface area contributed by atoms with E-state index in [1.807, 2.05) is 32.0 Å². The SMILES string of the molecule is CC(C)OC(=O)[C@@H]1Cc2c([nH]c3ccccc23)[C@@H](C)N1C(c1ccccc1)c1ccccc1. The summed E-state index contributed by atoms with van der Waals surface area (Å²) in [5, 5.41) is 1.19. The highest BCUT2D eigenvalue weighted by molar-refractivity contribution is 5.87. The Morgan fingerprint density at radius 3 is 2.09 bits per heavy atom. The molecular formula is C29H30N2O2. The van der Waals surface area contributed by atoms with Crippen LogP contribution in [0.25, 0.3) is 10.9 Å². The highest BCUT2D eigenvalue weighted by Crippen LogP contribution is 2.44. The van der Waals surface area contributed by atoms with Crippen molar-refractivity contribution in [3.63, 3.8) is 0 Å². The molecule has 0 spiro atoms. The number of fused-ring (bicyclic) bond motifs is 3. The zero-order valence-electron chi connectivity index (χ0n) is 19.4. The van der Waals surface area contributed by atoms with Crippen LogP contribution in [0, 0.1) is 0 Å². The van der Waals surface area contributed by atoms with Crippen molar-refractivity contribution in [1.29, 1.82) is 0 Å². The maximum absolute atomic E-state index is 13.5. The van der Waals surface area contributed by atoms with Gasteiger partial charge in [-0.15, -0.1) is 0 Å². The van der Waals surface area contributed by atoms with E-state index in [0.29, 0.717) is 6.42 Å². The van der Waals surface area contributed by atoms with Gasteiger partial charge in [0, 0.05) is 29.1 Å². The topological polar surface area (TPSA) is 45.3 Å². The molecule has 33 heavy (non-hydrogen) atoms. The lowest BCUT2D eigenvalue weighted by atomic mass is 9.86. The number of hydrogen-bond donors (Lipinski definition) is 1. The lowest BCUT2D eigenvalue weighted by Crippen LogP contribution is -2.50. The van der Waals surface area contributed by atoms with Crippen molar-refractivity contribution < 1.29 is 9.53 Å². The highest BCUT2D eigenvalue weighted by atomic mass is 16.5. The van der Waals surface area contributed by atoms with Crippen molar-refractivity contribution in [3.8, 4) is 0 Å². The van der Waals surface area contributed by atoms with E-state index in [-0.39, 0.29) is 30.2 Å². The Balaban J connectivity index is 1.69. The Morgan fingerprint density at radius 2 is 1.48 bits per heavy atom. The molecule has 1 N–H and O–H groups in total. The summed E-state index contributed by atoms with van der Waals surface area (Å²) in [4.78, 5) is 19.5. The van der Waals surface area contributed by atoms with E-state index in [0.717, 1.165) is 16.6 Å². The Hall–Kier alpha value is -3.37. The van der Waals surface area contributed by atoms with E-state index in [4.69, 9.17) is 4.74 Å². The molecule has 3 aromatic carbocycles. The molecule has 2 heterocycles. The van der Waals surface area contributed by atoms with E-state index in [1.54, 1.807) is 0 Å². The molecule has 4 nitrogen and oxygen atoms in total. The molecule has 4 aromatic rings. The van der Waals surface area contributed by atoms with Crippen molar-refractivity contribution in [2.45, 2.75) is 51.4 Å². The first-order valence-electron chi connectivity index (χ1n) is 11.7. The summed E-state index contributed by atoms with van der Waals surface area (Å²) in [6.45, 7) is 6.02. The largest absolute Gasteiger partial charge is 0.462 e. The van der Waals surface area contributed by atoms with Crippen molar-refractivity contribution >= 4 is 16.9 Å². The molecular weight excluding hydrogens is 408 g/mol. The molecule has 2 atom stereocenters. The highest BCUT2D eigenvalue weighted by Gasteiger charge is 2.43. The van der Waals surface area contributed by atoms with Gasteiger partial charge in [-0.2, -0.15) is 0 Å². The van der Waals surface area contributed by atoms with Gasteiger partial charge >= 0.3 is 5.97 Å². The fourth-order valence-electron chi connectivity index (χ4n) is 5.24. The van der Waals surface area contributed by atoms with Gasteiger partial charge in [-0.3, -0.25) is 9.69 Å². The lowest BCUT2D eigenvalue weighted by molar-refractivity contribution is -0.156. The molecule has 168 valence electrons. The van der Waals surface area contributed by atoms with Crippen LogP contribution in [0.1, 0.15) is 55.2 Å². The molecule has 5 rings (SSSR count). The van der Waals surface area contributed by atoms with E-state index in [2.05, 4.69) is 83.5 Å². The molecule has 0 saturated heterocycles. The first kappa shape index (κ1) is 21.5. The molecule has 0 aliphatic carbocycles. The lowest BCUT2D eigenvalue weighted by Gasteiger charge is -2.44. The smallest absolute Gasteiger partial charge is 0.324 e. The third kappa shape index (κ3) is 3.96. The second-order valence-corrected chi connectivity index (χ2v) is 9.12. The van der Waals surface area contributed by atoms with Crippen LogP contribution in [0.5, 0.6) is 0 Å². The summed E-state index contributed by atoms with van der Waals surface area (Å²) in [7, 11) is 0. The minimum atomic E-state index is -0.389. The van der Waals surface area contributed by atoms with Crippen LogP contribution < -0.4 is 0 Å². The molecule has 4 heteroatoms. The molecule has 0 saturated carbocycles. The van der Waals surface area contributed by atoms with Crippen LogP contribution in [-0.4, -0.2) is 28.0 Å². The summed E-state index contributed by atoms with van der Waals surface area (Å²) in [5.41, 5.74) is 5.85. The van der Waals surface area contributed by atoms with Gasteiger partial charge < -0.3 is 9.72 Å². The first-order chi connectivity index (χ1) is 16.0. The van der Waals surface area contributed by atoms with Crippen LogP contribution in [0.3, 0.4) is 0 Å². The van der Waals surface area contributed by atoms with Crippen LogP contribution in [0.15, 0.2) is 84.9 Å². The summed E-state index contributed by atoms with van der Waals surface area (Å²) < 4.78 is 5.80. The van der Waals surface area contributed by atoms with Crippen molar-refractivity contribution in [1.82, 2.24) is 9.88 Å². The van der Waals surface area contributed by atoms with Gasteiger partial charge in [-0.25, -0.2) is 0 Å². The Bertz CT molecular complexity index is 1210. The molecule has 1 aromatic heterocycles. The van der Waals surface area contributed by atoms with E-state index >= 15 is 0 Å². The van der Waals surface area contributed by atoms with Gasteiger partial charge in [-0.05, 0) is 43.5 Å². The number of benzene rings is 3. The van der Waals surface area contributed by atoms with Gasteiger partial charge in [0.1, 0.15) is 6.04 Å². The normalized spacial score (nSPS) is 18.6. The standard InChI is InChI=1S/C29H30N2O2/c1-19(2)33-29(32)26-18-24-23-16-10-11-17-25(23)30-27(24)20(3)31(26)28(21-12-6-4-7-13-21)22-14-8-5-9-15-22/h4-17,19-20,26,28,30H,18H2,1-3H3/t20-,26+/m1/s1. The summed E-state index contributed by atoms with van der Waals surface area (Å²) in [5.74, 6) is -0.162. The summed E-state index contributed by atoms with van der Waals surface area (Å²) >= 11 is 0. The predicted molar refractivity (Wildman–Crippen MR) is 132 cm³/mol. The maximum atomic E-state index is 13.5. The van der Waals surface area contributed by atoms with Crippen molar-refractivity contribution in [2.75, 3.05) is 0 Å². The molecule has 0 fully saturated rings. The first-order valence-corrected chi connectivity index (χ1v) is 11.7. The quantitative estimate of drug-likeness (QED) is 0.378. The fraction of sp³-hybridized carbons (Fsp3) is 0.276. The number of ether oxygens (including phenoxy) is 1. The summed E-state index contributed by atoms with van der Waals surface area (Å²) in [6, 6.07) is 28.8. The van der Waals surface area contributed by atoms with Crippen LogP contribution in [0.4, 0.5) is 0 Å². The molecule has 0 amide bonds. The molecule has 0 bridgehead atoms. The second kappa shape index (κ2) is 8.87. The van der Waals surface area contributed by atoms with E-state index in [9.17, 15) is 4.79 Å². The van der Waals surface area contributed by atoms with Gasteiger partial charge in [0.05, 0.1) is 12.1 Å². The predicted octanol–water partition coefficient (Wildman–Crippen LogP) is 6.20. The zero-order valence-corrected chi connectivity index (χ0v) is 19.4. The number of aromatic nitrogens is 1. The fourth-order valence-corrected chi connectivity index (χ4v) is 5.24. The van der Waals surface area contributed by atoms with E-state index < -0.39 is 0 Å². The number of para-hydroxylation sites is 1. The maximum Gasteiger partial charge on any atom is 0.324 e. The third-order valence-electron chi connectivity index (χ3n) is 6.62. The Labute approximate surface area is 195 Å². The number of carbonyl (C=O) groups excluding carboxylic acids is 1. The van der Waals surface area contributed by atoms with Gasteiger partial charge in [0.2, 0.25) is 0 Å². The minimum Gasteiger partial charge on any atom is -0.462 e. The van der Waals surface area contributed by atoms with E-state index in [1.165, 1.54) is 16.6 Å². The minimum absolute atomic E-state index is 0.00345. The number of carbonyl (C=O) groups is 1. The van der Waals surface area contributed by atoms with Gasteiger partial charge in [-0.1, -0.05) is 78.9 Å². The van der Waals surface area contributed by atoms with Gasteiger partial charge in [0.25, 0.3) is 0 Å². The van der Waals surface area contributed by atoms with Crippen LogP contribution in [0.2, 0.25) is 0 Å². The van der Waals surface area contributed by atoms with Crippen LogP contribution >= 0.6 is 0 Å². The van der Waals surface area contributed by atoms with Crippen molar-refractivity contribution in [2.24, 2.45) is 0 Å². The Morgan fingerprint density at radius 1 is 0.909 bits per heavy atom. The summed E-state index contributed by atoms with van der Waals surface area (Å²) in [6.07, 6.45) is 0.455. The number of aromatic amines is 1. The number of esters is 1. The zero-order chi connectivity index (χ0) is 22.9. The number of rotatable bonds is 5. The monoisotopic (exact) mass is 438 g/mol. The Kier molecular flexibility index (Phi) is 5.77. The average Bonchev–Trinajstić information content (AvgIpc) is 3.21.